The van der Waals surface area contributed by atoms with Gasteiger partial charge in [0.2, 0.25) is 9.47 Å². The average molecular weight is 272 g/mol. The lowest BCUT2D eigenvalue weighted by Crippen LogP contribution is -2.25. The summed E-state index contributed by atoms with van der Waals surface area (Å²) in [5.74, 6) is -0.241. The predicted octanol–water partition coefficient (Wildman–Crippen LogP) is 1.21. The molecule has 0 aliphatic rings. The van der Waals surface area contributed by atoms with Gasteiger partial charge < -0.3 is 5.32 Å². The van der Waals surface area contributed by atoms with Crippen molar-refractivity contribution in [1.82, 2.24) is 25.3 Å². The zero-order chi connectivity index (χ0) is 12.1. The molecule has 0 aliphatic heterocycles. The van der Waals surface area contributed by atoms with Crippen LogP contribution in [0.1, 0.15) is 16.2 Å². The second-order valence-electron chi connectivity index (χ2n) is 3.24. The largest absolute Gasteiger partial charge is 0.350 e. The summed E-state index contributed by atoms with van der Waals surface area (Å²) in [7, 11) is 0. The average Bonchev–Trinajstić information content (AvgIpc) is 2.95. The molecule has 90 valence electrons. The Hall–Kier alpha value is -1.47. The van der Waals surface area contributed by atoms with E-state index in [9.17, 15) is 4.79 Å². The van der Waals surface area contributed by atoms with Crippen molar-refractivity contribution in [3.63, 3.8) is 0 Å². The van der Waals surface area contributed by atoms with Gasteiger partial charge in [-0.05, 0) is 24.1 Å². The summed E-state index contributed by atoms with van der Waals surface area (Å²) >= 11 is 6.65. The van der Waals surface area contributed by atoms with Gasteiger partial charge in [0.15, 0.2) is 0 Å². The first-order chi connectivity index (χ1) is 8.25. The fourth-order valence-electron chi connectivity index (χ4n) is 1.25. The lowest BCUT2D eigenvalue weighted by Gasteiger charge is -2.02. The molecule has 0 atom stereocenters. The number of amides is 1. The minimum absolute atomic E-state index is 0.241. The van der Waals surface area contributed by atoms with Crippen LogP contribution < -0.4 is 5.32 Å². The first kappa shape index (κ1) is 12.0. The molecule has 0 saturated carbocycles. The van der Waals surface area contributed by atoms with Crippen LogP contribution in [0.2, 0.25) is 4.47 Å². The minimum Gasteiger partial charge on any atom is -0.350 e. The number of nitrogens with one attached hydrogen (secondary N) is 1. The normalized spacial score (nSPS) is 10.4. The summed E-state index contributed by atoms with van der Waals surface area (Å²) < 4.78 is 2.08. The van der Waals surface area contributed by atoms with Crippen molar-refractivity contribution in [2.45, 2.75) is 13.0 Å². The molecule has 0 unspecified atom stereocenters. The van der Waals surface area contributed by atoms with Gasteiger partial charge in [0.1, 0.15) is 0 Å². The molecule has 2 aromatic heterocycles. The molecule has 0 saturated heterocycles. The van der Waals surface area contributed by atoms with Gasteiger partial charge in [-0.2, -0.15) is 5.10 Å². The zero-order valence-electron chi connectivity index (χ0n) is 8.84. The molecule has 0 aliphatic carbocycles. The summed E-state index contributed by atoms with van der Waals surface area (Å²) in [6.07, 6.45) is 4.41. The number of rotatable bonds is 5. The third kappa shape index (κ3) is 3.50. The Labute approximate surface area is 107 Å². The molecule has 0 aromatic carbocycles. The highest BCUT2D eigenvalue weighted by atomic mass is 35.5. The maximum atomic E-state index is 11.5. The number of carbonyl (C=O) groups excluding carboxylic acids is 1. The van der Waals surface area contributed by atoms with Crippen LogP contribution >= 0.6 is 22.9 Å². The van der Waals surface area contributed by atoms with Crippen molar-refractivity contribution < 1.29 is 4.79 Å². The maximum absolute atomic E-state index is 11.5. The van der Waals surface area contributed by atoms with Gasteiger partial charge in [0.25, 0.3) is 5.91 Å². The lowest BCUT2D eigenvalue weighted by atomic mass is 10.4. The molecule has 0 bridgehead atoms. The second-order valence-corrected chi connectivity index (χ2v) is 4.80. The van der Waals surface area contributed by atoms with Crippen LogP contribution in [0.3, 0.4) is 0 Å². The third-order valence-corrected chi connectivity index (χ3v) is 3.02. The van der Waals surface area contributed by atoms with Crippen LogP contribution in [0.15, 0.2) is 18.5 Å². The highest BCUT2D eigenvalue weighted by molar-refractivity contribution is 7.17. The standard InChI is InChI=1S/C9H10ClN5OS/c10-9-14-13-8(17-9)7(16)11-3-1-5-15-6-2-4-12-15/h2,4,6H,1,3,5H2,(H,11,16). The van der Waals surface area contributed by atoms with E-state index in [1.807, 2.05) is 16.9 Å². The predicted molar refractivity (Wildman–Crippen MR) is 64.1 cm³/mol. The summed E-state index contributed by atoms with van der Waals surface area (Å²) in [5, 5.41) is 14.3. The number of halogens is 1. The molecule has 0 radical (unpaired) electrons. The highest BCUT2D eigenvalue weighted by Gasteiger charge is 2.10. The van der Waals surface area contributed by atoms with E-state index in [-0.39, 0.29) is 15.4 Å². The van der Waals surface area contributed by atoms with E-state index >= 15 is 0 Å². The van der Waals surface area contributed by atoms with Crippen LogP contribution in [0, 0.1) is 0 Å². The Bertz CT molecular complexity index is 483. The number of hydrogen-bond acceptors (Lipinski definition) is 5. The summed E-state index contributed by atoms with van der Waals surface area (Å²) in [6, 6.07) is 1.86. The van der Waals surface area contributed by atoms with Crippen LogP contribution in [-0.4, -0.2) is 32.4 Å². The van der Waals surface area contributed by atoms with E-state index in [0.29, 0.717) is 6.54 Å². The Morgan fingerprint density at radius 2 is 2.41 bits per heavy atom. The Balaban J connectivity index is 1.70. The lowest BCUT2D eigenvalue weighted by molar-refractivity contribution is 0.0951. The van der Waals surface area contributed by atoms with Crippen molar-refractivity contribution >= 4 is 28.8 Å². The van der Waals surface area contributed by atoms with Gasteiger partial charge in [-0.3, -0.25) is 9.48 Å². The Morgan fingerprint density at radius 1 is 1.53 bits per heavy atom. The van der Waals surface area contributed by atoms with E-state index in [0.717, 1.165) is 24.3 Å². The number of nitrogens with zero attached hydrogens (tertiary/aromatic N) is 4. The molecule has 2 heterocycles. The molecule has 1 amide bonds. The summed E-state index contributed by atoms with van der Waals surface area (Å²) in [4.78, 5) is 11.5. The van der Waals surface area contributed by atoms with Crippen molar-refractivity contribution in [2.75, 3.05) is 6.54 Å². The molecule has 0 fully saturated rings. The van der Waals surface area contributed by atoms with Crippen molar-refractivity contribution in [3.05, 3.63) is 27.9 Å². The molecule has 0 spiro atoms. The fourth-order valence-corrected chi connectivity index (χ4v) is 1.99. The molecule has 1 N–H and O–H groups in total. The molecule has 2 aromatic rings. The van der Waals surface area contributed by atoms with Gasteiger partial charge in [-0.1, -0.05) is 11.3 Å². The van der Waals surface area contributed by atoms with Gasteiger partial charge in [0.05, 0.1) is 0 Å². The molecule has 8 heteroatoms. The Morgan fingerprint density at radius 3 is 3.06 bits per heavy atom. The Kier molecular flexibility index (Phi) is 4.05. The van der Waals surface area contributed by atoms with Crippen LogP contribution in [-0.2, 0) is 6.54 Å². The monoisotopic (exact) mass is 271 g/mol. The van der Waals surface area contributed by atoms with E-state index < -0.39 is 0 Å². The zero-order valence-corrected chi connectivity index (χ0v) is 10.4. The number of carbonyl (C=O) groups is 1. The molecular weight excluding hydrogens is 262 g/mol. The number of aromatic nitrogens is 4. The molecule has 17 heavy (non-hydrogen) atoms. The maximum Gasteiger partial charge on any atom is 0.282 e. The van der Waals surface area contributed by atoms with E-state index in [2.05, 4.69) is 20.6 Å². The quantitative estimate of drug-likeness (QED) is 0.830. The smallest absolute Gasteiger partial charge is 0.282 e. The van der Waals surface area contributed by atoms with Crippen molar-refractivity contribution in [2.24, 2.45) is 0 Å². The van der Waals surface area contributed by atoms with Crippen LogP contribution in [0.4, 0.5) is 0 Å². The highest BCUT2D eigenvalue weighted by Crippen LogP contribution is 2.14. The number of aryl methyl sites for hydroxylation is 1. The minimum atomic E-state index is -0.241. The third-order valence-electron chi connectivity index (χ3n) is 2.00. The van der Waals surface area contributed by atoms with Gasteiger partial charge in [-0.15, -0.1) is 10.2 Å². The number of hydrogen-bond donors (Lipinski definition) is 1. The van der Waals surface area contributed by atoms with Crippen LogP contribution in [0.5, 0.6) is 0 Å². The van der Waals surface area contributed by atoms with Crippen molar-refractivity contribution in [1.29, 1.82) is 0 Å². The van der Waals surface area contributed by atoms with Crippen LogP contribution in [0.25, 0.3) is 0 Å². The van der Waals surface area contributed by atoms with E-state index in [1.165, 1.54) is 0 Å². The molecule has 2 rings (SSSR count). The summed E-state index contributed by atoms with van der Waals surface area (Å²) in [6.45, 7) is 1.33. The van der Waals surface area contributed by atoms with Gasteiger partial charge >= 0.3 is 0 Å². The first-order valence-electron chi connectivity index (χ1n) is 5.00. The van der Waals surface area contributed by atoms with E-state index in [4.69, 9.17) is 11.6 Å². The topological polar surface area (TPSA) is 72.7 Å². The fraction of sp³-hybridized carbons (Fsp3) is 0.333. The van der Waals surface area contributed by atoms with Crippen molar-refractivity contribution in [3.8, 4) is 0 Å². The van der Waals surface area contributed by atoms with Gasteiger partial charge in [0, 0.05) is 25.5 Å². The van der Waals surface area contributed by atoms with Gasteiger partial charge in [-0.25, -0.2) is 0 Å². The first-order valence-corrected chi connectivity index (χ1v) is 6.20. The van der Waals surface area contributed by atoms with E-state index in [1.54, 1.807) is 6.20 Å². The second kappa shape index (κ2) is 5.74. The molecular formula is C9H10ClN5OS. The summed E-state index contributed by atoms with van der Waals surface area (Å²) in [5.41, 5.74) is 0. The molecule has 6 nitrogen and oxygen atoms in total. The SMILES string of the molecule is O=C(NCCCn1cccn1)c1nnc(Cl)s1.